The van der Waals surface area contributed by atoms with Gasteiger partial charge < -0.3 is 5.32 Å². The lowest BCUT2D eigenvalue weighted by molar-refractivity contribution is -0.119. The molecule has 0 radical (unpaired) electrons. The summed E-state index contributed by atoms with van der Waals surface area (Å²) in [6.07, 6.45) is 1.82. The van der Waals surface area contributed by atoms with Gasteiger partial charge in [-0.05, 0) is 13.8 Å². The van der Waals surface area contributed by atoms with Crippen LogP contribution in [0.25, 0.3) is 0 Å². The number of aromatic nitrogens is 1. The normalized spacial score (nSPS) is 11.2. The first-order valence-corrected chi connectivity index (χ1v) is 5.60. The van der Waals surface area contributed by atoms with E-state index in [1.54, 1.807) is 11.3 Å². The molecule has 14 heavy (non-hydrogen) atoms. The van der Waals surface area contributed by atoms with E-state index in [9.17, 15) is 4.79 Å². The summed E-state index contributed by atoms with van der Waals surface area (Å²) in [5.41, 5.74) is 0. The third-order valence-corrected chi connectivity index (χ3v) is 2.52. The van der Waals surface area contributed by atoms with E-state index in [-0.39, 0.29) is 13.4 Å². The number of hydrogen-bond acceptors (Lipinski definition) is 3. The Bertz CT molecular complexity index is 289. The smallest absolute Gasteiger partial charge is 0.217 e. The summed E-state index contributed by atoms with van der Waals surface area (Å²) in [4.78, 5) is 16.0. The molecule has 1 amide bonds. The average molecular weight is 216 g/mol. The number of amides is 1. The highest BCUT2D eigenvalue weighted by molar-refractivity contribution is 7.11. The predicted octanol–water partition coefficient (Wildman–Crippen LogP) is 2.92. The Balaban J connectivity index is 0. The molecule has 1 N–H and O–H groups in total. The van der Waals surface area contributed by atoms with Crippen molar-refractivity contribution in [2.45, 2.75) is 40.7 Å². The Morgan fingerprint density at radius 1 is 1.64 bits per heavy atom. The van der Waals surface area contributed by atoms with Crippen molar-refractivity contribution in [2.24, 2.45) is 0 Å². The second-order valence-electron chi connectivity index (χ2n) is 2.73. The van der Waals surface area contributed by atoms with Crippen LogP contribution in [0, 0.1) is 6.92 Å². The number of carbonyl (C=O) groups excluding carboxylic acids is 1. The zero-order valence-electron chi connectivity index (χ0n) is 9.42. The minimum Gasteiger partial charge on any atom is -0.347 e. The number of hydrogen-bond donors (Lipinski definition) is 1. The van der Waals surface area contributed by atoms with E-state index >= 15 is 0 Å². The topological polar surface area (TPSA) is 42.0 Å². The summed E-state index contributed by atoms with van der Waals surface area (Å²) in [5, 5.41) is 3.74. The van der Waals surface area contributed by atoms with Gasteiger partial charge in [-0.3, -0.25) is 4.79 Å². The fourth-order valence-electron chi connectivity index (χ4n) is 0.939. The second-order valence-corrected chi connectivity index (χ2v) is 4.00. The molecule has 1 aromatic heterocycles. The molecule has 1 aromatic rings. The van der Waals surface area contributed by atoms with E-state index in [0.29, 0.717) is 0 Å². The van der Waals surface area contributed by atoms with Crippen LogP contribution >= 0.6 is 11.3 Å². The monoisotopic (exact) mass is 216 g/mol. The van der Waals surface area contributed by atoms with E-state index in [1.165, 1.54) is 11.8 Å². The number of nitrogens with zero attached hydrogens (tertiary/aromatic N) is 1. The van der Waals surface area contributed by atoms with Crippen molar-refractivity contribution in [3.63, 3.8) is 0 Å². The van der Waals surface area contributed by atoms with Crippen LogP contribution in [0.1, 0.15) is 45.0 Å². The highest BCUT2D eigenvalue weighted by Gasteiger charge is 2.09. The molecule has 0 aliphatic rings. The predicted molar refractivity (Wildman–Crippen MR) is 62.5 cm³/mol. The van der Waals surface area contributed by atoms with Crippen LogP contribution in [0.15, 0.2) is 6.20 Å². The number of thiazole rings is 1. The average Bonchev–Trinajstić information content (AvgIpc) is 2.54. The highest BCUT2D eigenvalue weighted by atomic mass is 32.1. The van der Waals surface area contributed by atoms with Gasteiger partial charge in [-0.15, -0.1) is 11.3 Å². The molecule has 0 saturated carbocycles. The lowest BCUT2D eigenvalue weighted by atomic mass is 10.3. The van der Waals surface area contributed by atoms with E-state index in [4.69, 9.17) is 0 Å². The van der Waals surface area contributed by atoms with Crippen LogP contribution in [-0.4, -0.2) is 10.9 Å². The molecule has 1 unspecified atom stereocenters. The Morgan fingerprint density at radius 2 is 2.21 bits per heavy atom. The summed E-state index contributed by atoms with van der Waals surface area (Å²) < 4.78 is 0. The first-order chi connectivity index (χ1) is 6.59. The van der Waals surface area contributed by atoms with Gasteiger partial charge in [0.1, 0.15) is 5.01 Å². The molecular weight excluding hydrogens is 196 g/mol. The molecule has 1 rings (SSSR count). The third kappa shape index (κ3) is 4.37. The molecule has 3 nitrogen and oxygen atoms in total. The van der Waals surface area contributed by atoms with E-state index in [2.05, 4.69) is 10.3 Å². The summed E-state index contributed by atoms with van der Waals surface area (Å²) in [7, 11) is 0. The molecular formula is C10H20N2OS. The highest BCUT2D eigenvalue weighted by Crippen LogP contribution is 2.18. The molecule has 0 aliphatic heterocycles. The van der Waals surface area contributed by atoms with Crippen molar-refractivity contribution in [3.05, 3.63) is 16.1 Å². The molecule has 0 spiro atoms. The maximum absolute atomic E-state index is 10.7. The van der Waals surface area contributed by atoms with Gasteiger partial charge in [-0.25, -0.2) is 4.98 Å². The lowest BCUT2D eigenvalue weighted by Crippen LogP contribution is -2.23. The molecule has 1 heterocycles. The lowest BCUT2D eigenvalue weighted by Gasteiger charge is -2.07. The number of nitrogens with one attached hydrogen (secondary N) is 1. The third-order valence-electron chi connectivity index (χ3n) is 1.43. The molecule has 0 saturated heterocycles. The zero-order chi connectivity index (χ0) is 11.1. The van der Waals surface area contributed by atoms with Crippen molar-refractivity contribution in [1.82, 2.24) is 10.3 Å². The van der Waals surface area contributed by atoms with Crippen molar-refractivity contribution in [2.75, 3.05) is 0 Å². The molecule has 0 aromatic carbocycles. The number of carbonyl (C=O) groups is 1. The van der Waals surface area contributed by atoms with E-state index in [1.807, 2.05) is 33.9 Å². The fraction of sp³-hybridized carbons (Fsp3) is 0.600. The zero-order valence-corrected chi connectivity index (χ0v) is 10.2. The maximum Gasteiger partial charge on any atom is 0.217 e. The molecule has 4 heteroatoms. The van der Waals surface area contributed by atoms with Gasteiger partial charge in [0.25, 0.3) is 0 Å². The Hall–Kier alpha value is -0.900. The first kappa shape index (κ1) is 13.1. The standard InChI is InChI=1S/C8H12N2OS.C2H6.H2/c1-5-4-9-8(12-5)6(2)10-7(3)11;1-2;/h4,6H,1-3H3,(H,10,11);1-2H3;1H. The second kappa shape index (κ2) is 6.54. The minimum absolute atomic E-state index is 0. The maximum atomic E-state index is 10.7. The first-order valence-electron chi connectivity index (χ1n) is 4.79. The van der Waals surface area contributed by atoms with Crippen molar-refractivity contribution in [1.29, 1.82) is 0 Å². The largest absolute Gasteiger partial charge is 0.347 e. The van der Waals surface area contributed by atoms with Crippen LogP contribution in [0.2, 0.25) is 0 Å². The number of rotatable bonds is 2. The van der Waals surface area contributed by atoms with Gasteiger partial charge in [0.15, 0.2) is 0 Å². The molecule has 0 fully saturated rings. The Morgan fingerprint density at radius 3 is 2.57 bits per heavy atom. The van der Waals surface area contributed by atoms with Gasteiger partial charge in [-0.2, -0.15) is 0 Å². The molecule has 0 bridgehead atoms. The summed E-state index contributed by atoms with van der Waals surface area (Å²) in [5.74, 6) is -0.0182. The van der Waals surface area contributed by atoms with Gasteiger partial charge in [0.05, 0.1) is 6.04 Å². The van der Waals surface area contributed by atoms with Crippen LogP contribution < -0.4 is 5.32 Å². The van der Waals surface area contributed by atoms with Gasteiger partial charge in [0.2, 0.25) is 5.91 Å². The van der Waals surface area contributed by atoms with Crippen molar-refractivity contribution < 1.29 is 6.22 Å². The summed E-state index contributed by atoms with van der Waals surface area (Å²) in [6, 6.07) is 0.0289. The SMILES string of the molecule is CC.CC(=O)NC(C)c1ncc(C)s1.[HH]. The summed E-state index contributed by atoms with van der Waals surface area (Å²) >= 11 is 1.61. The molecule has 1 atom stereocenters. The van der Waals surface area contributed by atoms with Crippen molar-refractivity contribution in [3.8, 4) is 0 Å². The van der Waals surface area contributed by atoms with Gasteiger partial charge in [0, 0.05) is 19.4 Å². The van der Waals surface area contributed by atoms with E-state index < -0.39 is 0 Å². The van der Waals surface area contributed by atoms with Gasteiger partial charge in [-0.1, -0.05) is 13.8 Å². The molecule has 82 valence electrons. The fourth-order valence-corrected chi connectivity index (χ4v) is 1.72. The van der Waals surface area contributed by atoms with Crippen LogP contribution in [0.3, 0.4) is 0 Å². The Kier molecular flexibility index (Phi) is 6.12. The quantitative estimate of drug-likeness (QED) is 0.826. The molecule has 0 aliphatic carbocycles. The van der Waals surface area contributed by atoms with Gasteiger partial charge >= 0.3 is 0 Å². The minimum atomic E-state index is -0.0182. The Labute approximate surface area is 91.0 Å². The number of aryl methyl sites for hydroxylation is 1. The summed E-state index contributed by atoms with van der Waals surface area (Å²) in [6.45, 7) is 9.44. The van der Waals surface area contributed by atoms with Crippen LogP contribution in [0.5, 0.6) is 0 Å². The van der Waals surface area contributed by atoms with E-state index in [0.717, 1.165) is 5.01 Å². The van der Waals surface area contributed by atoms with Crippen LogP contribution in [0.4, 0.5) is 0 Å². The van der Waals surface area contributed by atoms with Crippen molar-refractivity contribution >= 4 is 17.2 Å². The van der Waals surface area contributed by atoms with Crippen LogP contribution in [-0.2, 0) is 4.79 Å².